The quantitative estimate of drug-likeness (QED) is 0.285. The van der Waals surface area contributed by atoms with Crippen LogP contribution in [0.5, 0.6) is 0 Å². The number of hydrogen-bond acceptors (Lipinski definition) is 3. The maximum absolute atomic E-state index is 11.8. The van der Waals surface area contributed by atoms with Gasteiger partial charge in [-0.1, -0.05) is 18.2 Å². The van der Waals surface area contributed by atoms with Crippen molar-refractivity contribution >= 4 is 5.97 Å². The molecule has 3 heteroatoms. The highest BCUT2D eigenvalue weighted by Crippen LogP contribution is 2.67. The number of carbonyl (C=O) groups is 1. The zero-order chi connectivity index (χ0) is 12.7. The van der Waals surface area contributed by atoms with E-state index in [1.165, 1.54) is 5.57 Å². The second kappa shape index (κ2) is 2.90. The lowest BCUT2D eigenvalue weighted by Crippen LogP contribution is -2.37. The lowest BCUT2D eigenvalue weighted by molar-refractivity contribution is -0.141. The van der Waals surface area contributed by atoms with Crippen LogP contribution >= 0.6 is 0 Å². The van der Waals surface area contributed by atoms with E-state index in [1.807, 2.05) is 0 Å². The van der Waals surface area contributed by atoms with E-state index in [1.54, 1.807) is 0 Å². The van der Waals surface area contributed by atoms with Gasteiger partial charge in [-0.25, -0.2) is 4.79 Å². The van der Waals surface area contributed by atoms with E-state index < -0.39 is 0 Å². The molecule has 0 aromatic carbocycles. The molecule has 3 fully saturated rings. The summed E-state index contributed by atoms with van der Waals surface area (Å²) in [6.07, 6.45) is 5.13. The molecule has 0 unspecified atom stereocenters. The smallest absolute Gasteiger partial charge is 0.334 e. The van der Waals surface area contributed by atoms with Gasteiger partial charge >= 0.3 is 5.97 Å². The standard InChI is InChI=1S/C15H18O3/c1-8-4-7-15-11(8)12-10(9(2)13(16)17-12)5-6-14(15,3)18-15/h4,10-12H,2,5-7H2,1,3H3/t10-,11+,12-,14+,15+/m1/s1. The highest BCUT2D eigenvalue weighted by atomic mass is 16.6. The van der Waals surface area contributed by atoms with E-state index in [-0.39, 0.29) is 35.1 Å². The number of ether oxygens (including phenoxy) is 2. The van der Waals surface area contributed by atoms with Crippen molar-refractivity contribution in [3.05, 3.63) is 23.8 Å². The van der Waals surface area contributed by atoms with Gasteiger partial charge in [0.15, 0.2) is 0 Å². The van der Waals surface area contributed by atoms with Gasteiger partial charge < -0.3 is 9.47 Å². The van der Waals surface area contributed by atoms with Gasteiger partial charge in [-0.05, 0) is 33.1 Å². The molecule has 4 aliphatic rings. The minimum atomic E-state index is -0.205. The molecule has 0 bridgehead atoms. The van der Waals surface area contributed by atoms with Gasteiger partial charge in [-0.2, -0.15) is 0 Å². The van der Waals surface area contributed by atoms with Crippen LogP contribution < -0.4 is 0 Å². The van der Waals surface area contributed by atoms with Gasteiger partial charge in [0.25, 0.3) is 0 Å². The van der Waals surface area contributed by atoms with Crippen molar-refractivity contribution < 1.29 is 14.3 Å². The first kappa shape index (κ1) is 10.8. The van der Waals surface area contributed by atoms with E-state index in [0.717, 1.165) is 19.3 Å². The Hall–Kier alpha value is -1.09. The monoisotopic (exact) mass is 246 g/mol. The van der Waals surface area contributed by atoms with Gasteiger partial charge in [-0.15, -0.1) is 0 Å². The van der Waals surface area contributed by atoms with E-state index in [0.29, 0.717) is 5.57 Å². The first-order chi connectivity index (χ1) is 8.48. The van der Waals surface area contributed by atoms with Crippen molar-refractivity contribution in [2.75, 3.05) is 0 Å². The average molecular weight is 246 g/mol. The Morgan fingerprint density at radius 1 is 1.50 bits per heavy atom. The van der Waals surface area contributed by atoms with Crippen LogP contribution in [-0.2, 0) is 14.3 Å². The molecular weight excluding hydrogens is 228 g/mol. The molecule has 18 heavy (non-hydrogen) atoms. The minimum absolute atomic E-state index is 0.0248. The summed E-state index contributed by atoms with van der Waals surface area (Å²) in [5, 5.41) is 0. The maximum atomic E-state index is 11.8. The Balaban J connectivity index is 1.81. The summed E-state index contributed by atoms with van der Waals surface area (Å²) in [4.78, 5) is 11.8. The number of hydrogen-bond donors (Lipinski definition) is 0. The molecule has 1 spiro atoms. The molecule has 2 aliphatic carbocycles. The summed E-state index contributed by atoms with van der Waals surface area (Å²) in [6.45, 7) is 8.27. The van der Waals surface area contributed by atoms with Crippen molar-refractivity contribution in [2.45, 2.75) is 50.4 Å². The molecular formula is C15H18O3. The largest absolute Gasteiger partial charge is 0.458 e. The summed E-state index contributed by atoms with van der Waals surface area (Å²) in [5.41, 5.74) is 1.86. The Morgan fingerprint density at radius 2 is 2.28 bits per heavy atom. The van der Waals surface area contributed by atoms with Crippen molar-refractivity contribution in [1.29, 1.82) is 0 Å². The van der Waals surface area contributed by atoms with Gasteiger partial charge in [0, 0.05) is 17.4 Å². The zero-order valence-corrected chi connectivity index (χ0v) is 10.9. The number of epoxide rings is 1. The highest BCUT2D eigenvalue weighted by molar-refractivity contribution is 5.91. The molecule has 0 N–H and O–H groups in total. The van der Waals surface area contributed by atoms with Crippen LogP contribution in [0.4, 0.5) is 0 Å². The summed E-state index contributed by atoms with van der Waals surface area (Å²) < 4.78 is 11.8. The number of esters is 1. The topological polar surface area (TPSA) is 38.8 Å². The van der Waals surface area contributed by atoms with Gasteiger partial charge in [0.1, 0.15) is 11.7 Å². The third-order valence-corrected chi connectivity index (χ3v) is 5.59. The molecule has 0 amide bonds. The molecule has 3 nitrogen and oxygen atoms in total. The highest BCUT2D eigenvalue weighted by Gasteiger charge is 2.75. The third kappa shape index (κ3) is 0.993. The van der Waals surface area contributed by atoms with Crippen LogP contribution in [0.1, 0.15) is 33.1 Å². The Kier molecular flexibility index (Phi) is 1.74. The van der Waals surface area contributed by atoms with Crippen molar-refractivity contribution in [3.8, 4) is 0 Å². The van der Waals surface area contributed by atoms with Crippen LogP contribution in [0.2, 0.25) is 0 Å². The van der Waals surface area contributed by atoms with Crippen LogP contribution in [-0.4, -0.2) is 23.3 Å². The predicted molar refractivity (Wildman–Crippen MR) is 65.8 cm³/mol. The Labute approximate surface area is 107 Å². The van der Waals surface area contributed by atoms with Gasteiger partial charge in [-0.3, -0.25) is 0 Å². The molecule has 2 heterocycles. The van der Waals surface area contributed by atoms with Crippen LogP contribution in [0, 0.1) is 11.8 Å². The number of rotatable bonds is 0. The lowest BCUT2D eigenvalue weighted by Gasteiger charge is -2.26. The number of carbonyl (C=O) groups excluding carboxylic acids is 1. The molecule has 4 rings (SSSR count). The first-order valence-corrected chi connectivity index (χ1v) is 6.75. The van der Waals surface area contributed by atoms with Crippen molar-refractivity contribution in [2.24, 2.45) is 11.8 Å². The molecule has 96 valence electrons. The van der Waals surface area contributed by atoms with E-state index in [9.17, 15) is 4.79 Å². The second-order valence-electron chi connectivity index (χ2n) is 6.39. The van der Waals surface area contributed by atoms with E-state index in [2.05, 4.69) is 26.5 Å². The fraction of sp³-hybridized carbons (Fsp3) is 0.667. The first-order valence-electron chi connectivity index (χ1n) is 6.75. The average Bonchev–Trinajstić information content (AvgIpc) is 2.65. The Morgan fingerprint density at radius 3 is 3.06 bits per heavy atom. The molecule has 2 saturated heterocycles. The van der Waals surface area contributed by atoms with Gasteiger partial charge in [0.2, 0.25) is 0 Å². The number of fused-ring (bicyclic) bond motifs is 2. The van der Waals surface area contributed by atoms with E-state index in [4.69, 9.17) is 9.47 Å². The third-order valence-electron chi connectivity index (χ3n) is 5.59. The zero-order valence-electron chi connectivity index (χ0n) is 10.9. The van der Waals surface area contributed by atoms with Crippen molar-refractivity contribution in [1.82, 2.24) is 0 Å². The fourth-order valence-corrected chi connectivity index (χ4v) is 4.45. The van der Waals surface area contributed by atoms with Gasteiger partial charge in [0.05, 0.1) is 5.60 Å². The molecule has 0 radical (unpaired) electrons. The van der Waals surface area contributed by atoms with Crippen LogP contribution in [0.15, 0.2) is 23.8 Å². The van der Waals surface area contributed by atoms with Crippen molar-refractivity contribution in [3.63, 3.8) is 0 Å². The minimum Gasteiger partial charge on any atom is -0.458 e. The van der Waals surface area contributed by atoms with E-state index >= 15 is 0 Å². The SMILES string of the molecule is C=C1C(=O)O[C@@H]2[C@@H]1CC[C@]1(C)O[C@]13CC=C(C)[C@@H]23. The second-order valence-corrected chi connectivity index (χ2v) is 6.39. The summed E-state index contributed by atoms with van der Waals surface area (Å²) >= 11 is 0. The van der Waals surface area contributed by atoms with Crippen LogP contribution in [0.25, 0.3) is 0 Å². The molecule has 1 saturated carbocycles. The summed E-state index contributed by atoms with van der Waals surface area (Å²) in [7, 11) is 0. The normalized spacial score (nSPS) is 53.0. The molecule has 0 aromatic rings. The molecule has 5 atom stereocenters. The molecule has 0 aromatic heterocycles. The predicted octanol–water partition coefficient (Wildman–Crippen LogP) is 2.37. The maximum Gasteiger partial charge on any atom is 0.334 e. The Bertz CT molecular complexity index is 506. The summed E-state index contributed by atoms with van der Waals surface area (Å²) in [5.74, 6) is 0.219. The lowest BCUT2D eigenvalue weighted by atomic mass is 9.78. The fourth-order valence-electron chi connectivity index (χ4n) is 4.45. The molecule has 2 aliphatic heterocycles. The summed E-state index contributed by atoms with van der Waals surface area (Å²) in [6, 6.07) is 0. The van der Waals surface area contributed by atoms with Crippen LogP contribution in [0.3, 0.4) is 0 Å².